The van der Waals surface area contributed by atoms with E-state index < -0.39 is 0 Å². The van der Waals surface area contributed by atoms with E-state index in [4.69, 9.17) is 0 Å². The van der Waals surface area contributed by atoms with Gasteiger partial charge in [0, 0.05) is 18.1 Å². The van der Waals surface area contributed by atoms with Crippen LogP contribution in [-0.2, 0) is 4.79 Å². The maximum atomic E-state index is 12.7. The summed E-state index contributed by atoms with van der Waals surface area (Å²) in [7, 11) is 0. The van der Waals surface area contributed by atoms with Crippen LogP contribution in [0.4, 0.5) is 5.69 Å². The van der Waals surface area contributed by atoms with Crippen molar-refractivity contribution in [2.75, 3.05) is 11.1 Å². The summed E-state index contributed by atoms with van der Waals surface area (Å²) >= 11 is 1.46. The van der Waals surface area contributed by atoms with Gasteiger partial charge < -0.3 is 15.2 Å². The number of nitrogens with zero attached hydrogens (tertiary/aromatic N) is 3. The number of carbonyl (C=O) groups excluding carboxylic acids is 1. The maximum absolute atomic E-state index is 12.7. The lowest BCUT2D eigenvalue weighted by Gasteiger charge is -2.36. The number of hydrogen-bond acceptors (Lipinski definition) is 7. The van der Waals surface area contributed by atoms with E-state index in [1.165, 1.54) is 28.5 Å². The Morgan fingerprint density at radius 1 is 1.09 bits per heavy atom. The molecule has 2 aromatic carbocycles. The molecule has 8 heteroatoms. The SMILES string of the molecule is Cc1ccc(C2CC3C4NN=C(SCC(=O)Nc5c(C)cc(C)cc5C)N4C=CN3N2)cc1. The van der Waals surface area contributed by atoms with E-state index in [-0.39, 0.29) is 24.2 Å². The zero-order valence-electron chi connectivity index (χ0n) is 19.4. The van der Waals surface area contributed by atoms with Gasteiger partial charge in [0.25, 0.3) is 0 Å². The van der Waals surface area contributed by atoms with Gasteiger partial charge >= 0.3 is 0 Å². The fraction of sp³-hybridized carbons (Fsp3) is 0.360. The van der Waals surface area contributed by atoms with Crippen LogP contribution in [0, 0.1) is 27.7 Å². The summed E-state index contributed by atoms with van der Waals surface area (Å²) in [6.07, 6.45) is 5.12. The first-order chi connectivity index (χ1) is 15.9. The highest BCUT2D eigenvalue weighted by atomic mass is 32.2. The lowest BCUT2D eigenvalue weighted by atomic mass is 9.99. The topological polar surface area (TPSA) is 72.0 Å². The number of aryl methyl sites for hydroxylation is 4. The molecule has 3 N–H and O–H groups in total. The second-order valence-corrected chi connectivity index (χ2v) is 10.0. The second kappa shape index (κ2) is 8.76. The molecule has 172 valence electrons. The molecule has 0 aliphatic carbocycles. The van der Waals surface area contributed by atoms with Gasteiger partial charge in [-0.25, -0.2) is 5.43 Å². The van der Waals surface area contributed by atoms with Crippen LogP contribution in [0.3, 0.4) is 0 Å². The molecule has 3 heterocycles. The van der Waals surface area contributed by atoms with Crippen LogP contribution >= 0.6 is 11.8 Å². The molecule has 5 rings (SSSR count). The number of carbonyl (C=O) groups is 1. The Bertz CT molecular complexity index is 1110. The molecule has 1 saturated heterocycles. The number of hydrogen-bond donors (Lipinski definition) is 3. The summed E-state index contributed by atoms with van der Waals surface area (Å²) in [5.74, 6) is 0.286. The number of anilines is 1. The molecule has 3 aliphatic rings. The van der Waals surface area contributed by atoms with Crippen LogP contribution in [0.2, 0.25) is 0 Å². The zero-order chi connectivity index (χ0) is 23.1. The van der Waals surface area contributed by atoms with E-state index in [0.717, 1.165) is 28.4 Å². The number of nitrogens with one attached hydrogen (secondary N) is 3. The normalized spacial score (nSPS) is 23.2. The highest BCUT2D eigenvalue weighted by Gasteiger charge is 2.44. The first-order valence-electron chi connectivity index (χ1n) is 11.3. The predicted octanol–water partition coefficient (Wildman–Crippen LogP) is 3.90. The molecule has 1 fully saturated rings. The van der Waals surface area contributed by atoms with E-state index in [1.54, 1.807) is 0 Å². The van der Waals surface area contributed by atoms with E-state index in [1.807, 2.05) is 20.0 Å². The lowest BCUT2D eigenvalue weighted by Crippen LogP contribution is -2.54. The van der Waals surface area contributed by atoms with Gasteiger partial charge in [0.1, 0.15) is 6.17 Å². The van der Waals surface area contributed by atoms with Crippen LogP contribution in [0.25, 0.3) is 0 Å². The predicted molar refractivity (Wildman–Crippen MR) is 134 cm³/mol. The third-order valence-corrected chi connectivity index (χ3v) is 7.43. The van der Waals surface area contributed by atoms with Crippen LogP contribution in [0.5, 0.6) is 0 Å². The van der Waals surface area contributed by atoms with Gasteiger partial charge in [-0.2, -0.15) is 5.10 Å². The van der Waals surface area contributed by atoms with Gasteiger partial charge in [-0.3, -0.25) is 10.2 Å². The van der Waals surface area contributed by atoms with Gasteiger partial charge in [0.2, 0.25) is 5.91 Å². The maximum Gasteiger partial charge on any atom is 0.234 e. The summed E-state index contributed by atoms with van der Waals surface area (Å²) in [5, 5.41) is 10.6. The molecule has 3 unspecified atom stereocenters. The van der Waals surface area contributed by atoms with Crippen LogP contribution < -0.4 is 16.2 Å². The molecular formula is C25H30N6OS. The van der Waals surface area contributed by atoms with Crippen molar-refractivity contribution >= 4 is 28.5 Å². The van der Waals surface area contributed by atoms with Crippen LogP contribution in [0.15, 0.2) is 53.9 Å². The van der Waals surface area contributed by atoms with Crippen molar-refractivity contribution in [2.24, 2.45) is 5.10 Å². The van der Waals surface area contributed by atoms with Crippen molar-refractivity contribution in [3.8, 4) is 0 Å². The zero-order valence-corrected chi connectivity index (χ0v) is 20.2. The Kier molecular flexibility index (Phi) is 5.80. The summed E-state index contributed by atoms with van der Waals surface area (Å²) in [6, 6.07) is 13.4. The molecule has 33 heavy (non-hydrogen) atoms. The smallest absolute Gasteiger partial charge is 0.234 e. The molecule has 0 saturated carbocycles. The molecule has 3 aliphatic heterocycles. The summed E-state index contributed by atoms with van der Waals surface area (Å²) in [5.41, 5.74) is 13.7. The average molecular weight is 463 g/mol. The van der Waals surface area contributed by atoms with Crippen molar-refractivity contribution in [2.45, 2.75) is 52.4 Å². The molecular weight excluding hydrogens is 432 g/mol. The average Bonchev–Trinajstić information content (AvgIpc) is 3.39. The van der Waals surface area contributed by atoms with Gasteiger partial charge in [0.05, 0.1) is 17.8 Å². The number of hydrazine groups is 1. The van der Waals surface area contributed by atoms with Crippen molar-refractivity contribution in [1.29, 1.82) is 0 Å². The summed E-state index contributed by atoms with van der Waals surface area (Å²) in [6.45, 7) is 8.24. The monoisotopic (exact) mass is 462 g/mol. The first-order valence-corrected chi connectivity index (χ1v) is 12.3. The Labute approximate surface area is 199 Å². The molecule has 7 nitrogen and oxygen atoms in total. The van der Waals surface area contributed by atoms with Crippen molar-refractivity contribution < 1.29 is 4.79 Å². The van der Waals surface area contributed by atoms with Gasteiger partial charge in [-0.1, -0.05) is 59.3 Å². The fourth-order valence-corrected chi connectivity index (χ4v) is 5.62. The Balaban J connectivity index is 1.19. The Hall–Kier alpha value is -2.97. The molecule has 0 spiro atoms. The van der Waals surface area contributed by atoms with Gasteiger partial charge in [-0.05, 0) is 50.8 Å². The molecule has 1 amide bonds. The third-order valence-electron chi connectivity index (χ3n) is 6.46. The molecule has 0 bridgehead atoms. The minimum atomic E-state index is -0.0224. The van der Waals surface area contributed by atoms with E-state index in [0.29, 0.717) is 5.75 Å². The third kappa shape index (κ3) is 4.32. The standard InChI is InChI=1S/C25H30N6OS/c1-15-5-7-19(8-6-15)20-13-21-24-27-28-25(30(24)9-10-31(21)29-20)33-14-22(32)26-23-17(3)11-16(2)12-18(23)4/h5-12,20-21,24,27,29H,13-14H2,1-4H3,(H,26,32). The molecule has 0 aromatic heterocycles. The minimum Gasteiger partial charge on any atom is -0.325 e. The van der Waals surface area contributed by atoms with Gasteiger partial charge in [-0.15, -0.1) is 0 Å². The number of rotatable bonds is 4. The van der Waals surface area contributed by atoms with E-state index in [2.05, 4.69) is 87.6 Å². The highest BCUT2D eigenvalue weighted by molar-refractivity contribution is 8.14. The number of hydrazone groups is 1. The number of amides is 1. The number of fused-ring (bicyclic) bond motifs is 3. The first kappa shape index (κ1) is 21.9. The minimum absolute atomic E-state index is 0.0224. The fourth-order valence-electron chi connectivity index (χ4n) is 4.85. The highest BCUT2D eigenvalue weighted by Crippen LogP contribution is 2.35. The lowest BCUT2D eigenvalue weighted by molar-refractivity contribution is -0.113. The number of thioether (sulfide) groups is 1. The summed E-state index contributed by atoms with van der Waals surface area (Å²) < 4.78 is 0. The van der Waals surface area contributed by atoms with Crippen LogP contribution in [0.1, 0.15) is 40.3 Å². The second-order valence-electron chi connectivity index (χ2n) is 9.09. The van der Waals surface area contributed by atoms with E-state index >= 15 is 0 Å². The number of benzene rings is 2. The van der Waals surface area contributed by atoms with Crippen molar-refractivity contribution in [1.82, 2.24) is 20.8 Å². The van der Waals surface area contributed by atoms with Crippen molar-refractivity contribution in [3.05, 3.63) is 76.6 Å². The Morgan fingerprint density at radius 3 is 2.55 bits per heavy atom. The van der Waals surface area contributed by atoms with Crippen molar-refractivity contribution in [3.63, 3.8) is 0 Å². The largest absolute Gasteiger partial charge is 0.325 e. The van der Waals surface area contributed by atoms with E-state index in [9.17, 15) is 4.79 Å². The quantitative estimate of drug-likeness (QED) is 0.640. The molecule has 0 radical (unpaired) electrons. The molecule has 3 atom stereocenters. The number of amidine groups is 1. The summed E-state index contributed by atoms with van der Waals surface area (Å²) in [4.78, 5) is 14.8. The molecule has 2 aromatic rings. The van der Waals surface area contributed by atoms with Gasteiger partial charge in [0.15, 0.2) is 5.17 Å². The Morgan fingerprint density at radius 2 is 1.82 bits per heavy atom. The van der Waals surface area contributed by atoms with Crippen LogP contribution in [-0.4, -0.2) is 38.9 Å².